The highest BCUT2D eigenvalue weighted by molar-refractivity contribution is 5.74. The Morgan fingerprint density at radius 1 is 0.378 bits per heavy atom. The topological polar surface area (TPSA) is 203 Å². The summed E-state index contributed by atoms with van der Waals surface area (Å²) in [5.41, 5.74) is 3.09. The third kappa shape index (κ3) is 32.1. The molecule has 0 amide bonds. The lowest BCUT2D eigenvalue weighted by Gasteiger charge is -2.38. The van der Waals surface area contributed by atoms with Gasteiger partial charge in [-0.3, -0.25) is 58.2 Å². The van der Waals surface area contributed by atoms with Gasteiger partial charge >= 0.3 is 35.8 Å². The van der Waals surface area contributed by atoms with Crippen LogP contribution in [0.15, 0.2) is 24.3 Å². The number of esters is 6. The van der Waals surface area contributed by atoms with Crippen LogP contribution in [0.1, 0.15) is 130 Å². The second-order valence-electron chi connectivity index (χ2n) is 25.4. The summed E-state index contributed by atoms with van der Waals surface area (Å²) in [6.45, 7) is 35.1. The number of benzene rings is 1. The lowest BCUT2D eigenvalue weighted by Crippen LogP contribution is -2.53. The van der Waals surface area contributed by atoms with Gasteiger partial charge in [-0.15, -0.1) is 0 Å². The van der Waals surface area contributed by atoms with Crippen LogP contribution in [0, 0.1) is 0 Å². The molecule has 0 radical (unpaired) electrons. The average Bonchev–Trinajstić information content (AvgIpc) is 3.16. The molecule has 19 nitrogen and oxygen atoms in total. The molecule has 0 saturated carbocycles. The van der Waals surface area contributed by atoms with Crippen LogP contribution in [0.2, 0.25) is 0 Å². The standard InChI is InChI=1S/C55H97N7O12/c1-50(2,3)69-44(63)35-57-23-24-58(36-45(64)70-51(4,5)6)27-28-60(38-47(66)72-53(10,11)12)31-32-62(40-49(68)74-55(16,17)18)43(33-41-19-21-42(56)22-20-41)34-61(39-48(67)73-54(13,14)15)30-29-59(26-25-57)37-46(65)71-52(7,8)9/h19-22,43H,23-40,56H2,1-18H3. The largest absolute Gasteiger partial charge is 0.459 e. The fourth-order valence-corrected chi connectivity index (χ4v) is 7.96. The third-order valence-electron chi connectivity index (χ3n) is 10.7. The van der Waals surface area contributed by atoms with Crippen molar-refractivity contribution in [2.24, 2.45) is 0 Å². The Morgan fingerprint density at radius 3 is 0.878 bits per heavy atom. The predicted molar refractivity (Wildman–Crippen MR) is 287 cm³/mol. The minimum absolute atomic E-state index is 0.0757. The molecule has 1 atom stereocenters. The number of hydrogen-bond acceptors (Lipinski definition) is 19. The number of hydrogen-bond donors (Lipinski definition) is 1. The van der Waals surface area contributed by atoms with Crippen molar-refractivity contribution < 1.29 is 57.2 Å². The van der Waals surface area contributed by atoms with E-state index in [1.165, 1.54) is 0 Å². The number of nitrogens with zero attached hydrogens (tertiary/aromatic N) is 6. The van der Waals surface area contributed by atoms with Crippen molar-refractivity contribution in [2.75, 3.05) is 117 Å². The van der Waals surface area contributed by atoms with E-state index < -0.39 is 75.5 Å². The van der Waals surface area contributed by atoms with E-state index in [9.17, 15) is 28.8 Å². The smallest absolute Gasteiger partial charge is 0.320 e. The van der Waals surface area contributed by atoms with Gasteiger partial charge in [-0.1, -0.05) is 12.1 Å². The Morgan fingerprint density at radius 2 is 0.608 bits per heavy atom. The predicted octanol–water partition coefficient (Wildman–Crippen LogP) is 5.06. The molecule has 19 heteroatoms. The highest BCUT2D eigenvalue weighted by atomic mass is 16.6. The van der Waals surface area contributed by atoms with Crippen LogP contribution in [-0.4, -0.2) is 216 Å². The Hall–Kier alpha value is -4.40. The molecule has 1 saturated heterocycles. The van der Waals surface area contributed by atoms with Gasteiger partial charge in [-0.05, 0) is 149 Å². The van der Waals surface area contributed by atoms with Crippen LogP contribution < -0.4 is 5.73 Å². The minimum atomic E-state index is -0.788. The lowest BCUT2D eigenvalue weighted by atomic mass is 10.0. The summed E-state index contributed by atoms with van der Waals surface area (Å²) in [6.07, 6.45) is 0.422. The minimum Gasteiger partial charge on any atom is -0.459 e. The molecule has 1 aliphatic rings. The van der Waals surface area contributed by atoms with E-state index in [1.54, 1.807) is 83.1 Å². The summed E-state index contributed by atoms with van der Waals surface area (Å²) in [4.78, 5) is 94.1. The van der Waals surface area contributed by atoms with E-state index in [0.29, 0.717) is 51.4 Å². The number of nitrogens with two attached hydrogens (primary N) is 1. The zero-order valence-electron chi connectivity index (χ0n) is 48.8. The molecule has 0 bridgehead atoms. The van der Waals surface area contributed by atoms with Gasteiger partial charge in [0.1, 0.15) is 33.6 Å². The molecule has 1 aliphatic heterocycles. The van der Waals surface area contributed by atoms with Crippen molar-refractivity contribution in [3.05, 3.63) is 29.8 Å². The molecule has 1 aromatic carbocycles. The molecule has 1 aromatic rings. The summed E-state index contributed by atoms with van der Waals surface area (Å²) >= 11 is 0. The van der Waals surface area contributed by atoms with E-state index in [1.807, 2.05) is 95.2 Å². The number of anilines is 1. The Labute approximate surface area is 444 Å². The van der Waals surface area contributed by atoms with Gasteiger partial charge in [0, 0.05) is 83.7 Å². The molecular formula is C55H97N7O12. The number of nitrogen functional groups attached to an aromatic ring is 1. The van der Waals surface area contributed by atoms with Crippen molar-refractivity contribution in [3.8, 4) is 0 Å². The first-order chi connectivity index (χ1) is 33.7. The van der Waals surface area contributed by atoms with Gasteiger partial charge in [0.25, 0.3) is 0 Å². The van der Waals surface area contributed by atoms with Crippen molar-refractivity contribution in [2.45, 2.75) is 171 Å². The van der Waals surface area contributed by atoms with Crippen LogP contribution in [0.4, 0.5) is 5.69 Å². The molecule has 0 aromatic heterocycles. The van der Waals surface area contributed by atoms with E-state index >= 15 is 0 Å². The first kappa shape index (κ1) is 65.7. The molecule has 1 fully saturated rings. The Kier molecular flexibility index (Phi) is 25.4. The molecule has 0 aliphatic carbocycles. The van der Waals surface area contributed by atoms with Crippen LogP contribution >= 0.6 is 0 Å². The molecule has 74 heavy (non-hydrogen) atoms. The summed E-state index contributed by atoms with van der Waals surface area (Å²) in [5.74, 6) is -2.67. The SMILES string of the molecule is CC(C)(C)OC(=O)CN1CCN(CC(=O)OC(C)(C)C)CCN(CC(=O)OC(C)(C)C)CCN(CC(=O)OC(C)(C)C)C(Cc2ccc(N)cc2)CN(CC(=O)OC(C)(C)C)CCN(CC(=O)OC(C)(C)C)CC1. The Bertz CT molecular complexity index is 1940. The van der Waals surface area contributed by atoms with Gasteiger partial charge in [0.15, 0.2) is 0 Å². The van der Waals surface area contributed by atoms with E-state index in [-0.39, 0.29) is 72.0 Å². The summed E-state index contributed by atoms with van der Waals surface area (Å²) in [7, 11) is 0. The number of carbonyl (C=O) groups is 6. The van der Waals surface area contributed by atoms with Crippen LogP contribution in [-0.2, 0) is 63.6 Å². The van der Waals surface area contributed by atoms with Gasteiger partial charge in [0.05, 0.1) is 39.3 Å². The lowest BCUT2D eigenvalue weighted by molar-refractivity contribution is -0.159. The van der Waals surface area contributed by atoms with Crippen molar-refractivity contribution in [1.82, 2.24) is 29.4 Å². The number of rotatable bonds is 14. The molecule has 1 unspecified atom stereocenters. The van der Waals surface area contributed by atoms with Gasteiger partial charge in [0.2, 0.25) is 0 Å². The highest BCUT2D eigenvalue weighted by Crippen LogP contribution is 2.19. The zero-order valence-corrected chi connectivity index (χ0v) is 48.8. The van der Waals surface area contributed by atoms with E-state index in [2.05, 4.69) is 0 Å². The highest BCUT2D eigenvalue weighted by Gasteiger charge is 2.32. The maximum absolute atomic E-state index is 14.0. The maximum Gasteiger partial charge on any atom is 0.320 e. The molecular weight excluding hydrogens is 951 g/mol. The average molecular weight is 1050 g/mol. The van der Waals surface area contributed by atoms with Gasteiger partial charge < -0.3 is 34.2 Å². The molecule has 0 spiro atoms. The first-order valence-corrected chi connectivity index (χ1v) is 26.2. The zero-order chi connectivity index (χ0) is 56.5. The van der Waals surface area contributed by atoms with Crippen molar-refractivity contribution in [1.29, 1.82) is 0 Å². The van der Waals surface area contributed by atoms with Crippen molar-refractivity contribution in [3.63, 3.8) is 0 Å². The maximum atomic E-state index is 14.0. The summed E-state index contributed by atoms with van der Waals surface area (Å²) < 4.78 is 35.1. The normalized spacial score (nSPS) is 18.4. The molecule has 1 heterocycles. The van der Waals surface area contributed by atoms with E-state index in [4.69, 9.17) is 34.2 Å². The third-order valence-corrected chi connectivity index (χ3v) is 10.7. The fourth-order valence-electron chi connectivity index (χ4n) is 7.96. The van der Waals surface area contributed by atoms with Crippen molar-refractivity contribution >= 4 is 41.5 Å². The molecule has 2 rings (SSSR count). The number of carbonyl (C=O) groups excluding carboxylic acids is 6. The Balaban J connectivity index is 2.95. The van der Waals surface area contributed by atoms with Crippen LogP contribution in [0.25, 0.3) is 0 Å². The van der Waals surface area contributed by atoms with E-state index in [0.717, 1.165) is 5.56 Å². The van der Waals surface area contributed by atoms with Gasteiger partial charge in [-0.25, -0.2) is 0 Å². The monoisotopic (exact) mass is 1050 g/mol. The summed E-state index contributed by atoms with van der Waals surface area (Å²) in [6, 6.07) is 7.07. The van der Waals surface area contributed by atoms with Crippen LogP contribution in [0.3, 0.4) is 0 Å². The molecule has 2 N–H and O–H groups in total. The summed E-state index contributed by atoms with van der Waals surface area (Å²) in [5, 5.41) is 0. The van der Waals surface area contributed by atoms with Crippen LogP contribution in [0.5, 0.6) is 0 Å². The first-order valence-electron chi connectivity index (χ1n) is 26.2. The second kappa shape index (κ2) is 28.7. The second-order valence-corrected chi connectivity index (χ2v) is 25.4. The fraction of sp³-hybridized carbons (Fsp3) is 0.782. The quantitative estimate of drug-likeness (QED) is 0.147. The van der Waals surface area contributed by atoms with Gasteiger partial charge in [-0.2, -0.15) is 0 Å². The number of ether oxygens (including phenoxy) is 6. The molecule has 424 valence electrons.